The Kier molecular flexibility index (Phi) is 6.31. The highest BCUT2D eigenvalue weighted by Crippen LogP contribution is 2.19. The second-order valence-corrected chi connectivity index (χ2v) is 4.38. The molecule has 1 aromatic carbocycles. The summed E-state index contributed by atoms with van der Waals surface area (Å²) in [5, 5.41) is 9.06. The highest BCUT2D eigenvalue weighted by molar-refractivity contribution is 5.98. The van der Waals surface area contributed by atoms with Crippen LogP contribution in [0, 0.1) is 18.3 Å². The monoisotopic (exact) mass is 273 g/mol. The minimum atomic E-state index is -0.573. The first-order valence-electron chi connectivity index (χ1n) is 6.56. The van der Waals surface area contributed by atoms with Gasteiger partial charge < -0.3 is 9.47 Å². The van der Waals surface area contributed by atoms with Gasteiger partial charge in [0, 0.05) is 0 Å². The number of ether oxygens (including phenoxy) is 2. The van der Waals surface area contributed by atoms with E-state index in [4.69, 9.17) is 14.7 Å². The van der Waals surface area contributed by atoms with Crippen LogP contribution in [0.2, 0.25) is 0 Å². The molecule has 1 rings (SSSR count). The first-order chi connectivity index (χ1) is 9.62. The average Bonchev–Trinajstić information content (AvgIpc) is 2.46. The number of carbonyl (C=O) groups excluding carboxylic acids is 1. The molecular formula is C16H19NO3. The fraction of sp³-hybridized carbons (Fsp3) is 0.375. The van der Waals surface area contributed by atoms with Gasteiger partial charge in [0.25, 0.3) is 0 Å². The third-order valence-electron chi connectivity index (χ3n) is 2.85. The molecule has 0 saturated carbocycles. The van der Waals surface area contributed by atoms with E-state index in [1.54, 1.807) is 19.3 Å². The zero-order valence-electron chi connectivity index (χ0n) is 12.1. The van der Waals surface area contributed by atoms with Crippen molar-refractivity contribution in [1.29, 1.82) is 5.26 Å². The lowest BCUT2D eigenvalue weighted by atomic mass is 10.1. The van der Waals surface area contributed by atoms with Crippen molar-refractivity contribution in [1.82, 2.24) is 0 Å². The molecule has 0 aliphatic rings. The first kappa shape index (κ1) is 15.8. The van der Waals surface area contributed by atoms with Gasteiger partial charge >= 0.3 is 5.97 Å². The van der Waals surface area contributed by atoms with Crippen LogP contribution in [-0.2, 0) is 9.53 Å². The van der Waals surface area contributed by atoms with Gasteiger partial charge in [-0.15, -0.1) is 0 Å². The van der Waals surface area contributed by atoms with Crippen LogP contribution in [-0.4, -0.2) is 19.7 Å². The summed E-state index contributed by atoms with van der Waals surface area (Å²) in [6, 6.07) is 7.34. The smallest absolute Gasteiger partial charge is 0.348 e. The number of rotatable bonds is 6. The fourth-order valence-electron chi connectivity index (χ4n) is 1.62. The largest absolute Gasteiger partial charge is 0.497 e. The Hall–Kier alpha value is -2.28. The topological polar surface area (TPSA) is 59.3 Å². The predicted molar refractivity (Wildman–Crippen MR) is 77.2 cm³/mol. The van der Waals surface area contributed by atoms with Crippen molar-refractivity contribution in [2.24, 2.45) is 0 Å². The quantitative estimate of drug-likeness (QED) is 0.345. The van der Waals surface area contributed by atoms with Gasteiger partial charge in [-0.1, -0.05) is 19.4 Å². The molecule has 0 heterocycles. The van der Waals surface area contributed by atoms with Crippen molar-refractivity contribution in [2.75, 3.05) is 13.7 Å². The normalized spacial score (nSPS) is 10.8. The van der Waals surface area contributed by atoms with E-state index in [0.717, 1.165) is 29.7 Å². The Morgan fingerprint density at radius 1 is 1.45 bits per heavy atom. The molecule has 0 unspecified atom stereocenters. The Bertz CT molecular complexity index is 541. The second kappa shape index (κ2) is 8.00. The molecule has 0 saturated heterocycles. The summed E-state index contributed by atoms with van der Waals surface area (Å²) in [5.74, 6) is 0.167. The van der Waals surface area contributed by atoms with Crippen molar-refractivity contribution in [3.05, 3.63) is 34.9 Å². The molecule has 20 heavy (non-hydrogen) atoms. The Morgan fingerprint density at radius 3 is 2.75 bits per heavy atom. The van der Waals surface area contributed by atoms with Crippen LogP contribution < -0.4 is 4.74 Å². The molecule has 0 amide bonds. The van der Waals surface area contributed by atoms with E-state index in [-0.39, 0.29) is 5.57 Å². The number of nitrogens with zero attached hydrogens (tertiary/aromatic N) is 1. The maximum Gasteiger partial charge on any atom is 0.348 e. The number of hydrogen-bond donors (Lipinski definition) is 0. The molecule has 4 nitrogen and oxygen atoms in total. The van der Waals surface area contributed by atoms with Gasteiger partial charge in [-0.25, -0.2) is 4.79 Å². The zero-order valence-corrected chi connectivity index (χ0v) is 12.1. The number of hydrogen-bond acceptors (Lipinski definition) is 4. The maximum absolute atomic E-state index is 11.8. The van der Waals surface area contributed by atoms with Crippen molar-refractivity contribution < 1.29 is 14.3 Å². The maximum atomic E-state index is 11.8. The van der Waals surface area contributed by atoms with Gasteiger partial charge in [-0.3, -0.25) is 0 Å². The van der Waals surface area contributed by atoms with Gasteiger partial charge in [-0.05, 0) is 42.7 Å². The van der Waals surface area contributed by atoms with Crippen LogP contribution in [0.4, 0.5) is 0 Å². The molecule has 0 aromatic heterocycles. The van der Waals surface area contributed by atoms with Gasteiger partial charge in [0.2, 0.25) is 0 Å². The minimum absolute atomic E-state index is 0.00868. The summed E-state index contributed by atoms with van der Waals surface area (Å²) in [4.78, 5) is 11.8. The summed E-state index contributed by atoms with van der Waals surface area (Å²) in [6.07, 6.45) is 3.28. The molecule has 0 atom stereocenters. The number of unbranched alkanes of at least 4 members (excludes halogenated alkanes) is 1. The van der Waals surface area contributed by atoms with E-state index < -0.39 is 5.97 Å². The summed E-state index contributed by atoms with van der Waals surface area (Å²) in [7, 11) is 1.59. The van der Waals surface area contributed by atoms with Gasteiger partial charge in [0.1, 0.15) is 17.4 Å². The van der Waals surface area contributed by atoms with E-state index in [1.165, 1.54) is 0 Å². The van der Waals surface area contributed by atoms with Crippen LogP contribution in [0.15, 0.2) is 23.8 Å². The molecule has 0 bridgehead atoms. The lowest BCUT2D eigenvalue weighted by Gasteiger charge is -2.06. The van der Waals surface area contributed by atoms with Crippen molar-refractivity contribution in [3.63, 3.8) is 0 Å². The number of aryl methyl sites for hydroxylation is 1. The van der Waals surface area contributed by atoms with E-state index in [9.17, 15) is 4.79 Å². The molecule has 0 fully saturated rings. The SMILES string of the molecule is CCCCOC(=O)C(C#N)=Cc1ccc(OC)cc1C. The minimum Gasteiger partial charge on any atom is -0.497 e. The second-order valence-electron chi connectivity index (χ2n) is 4.38. The number of carbonyl (C=O) groups is 1. The standard InChI is InChI=1S/C16H19NO3/c1-4-5-8-20-16(18)14(11-17)10-13-6-7-15(19-3)9-12(13)2/h6-7,9-10H,4-5,8H2,1-3H3. The van der Waals surface area contributed by atoms with Crippen LogP contribution in [0.5, 0.6) is 5.75 Å². The molecule has 0 radical (unpaired) electrons. The molecule has 0 N–H and O–H groups in total. The molecule has 0 aliphatic heterocycles. The van der Waals surface area contributed by atoms with E-state index >= 15 is 0 Å². The molecule has 4 heteroatoms. The van der Waals surface area contributed by atoms with Gasteiger partial charge in [-0.2, -0.15) is 5.26 Å². The van der Waals surface area contributed by atoms with E-state index in [0.29, 0.717) is 6.61 Å². The number of esters is 1. The highest BCUT2D eigenvalue weighted by atomic mass is 16.5. The molecule has 0 aliphatic carbocycles. The molecular weight excluding hydrogens is 254 g/mol. The van der Waals surface area contributed by atoms with Crippen molar-refractivity contribution >= 4 is 12.0 Å². The van der Waals surface area contributed by atoms with Gasteiger partial charge in [0.05, 0.1) is 13.7 Å². The predicted octanol–water partition coefficient (Wildman–Crippen LogP) is 3.25. The lowest BCUT2D eigenvalue weighted by molar-refractivity contribution is -0.138. The number of methoxy groups -OCH3 is 1. The number of benzene rings is 1. The first-order valence-corrected chi connectivity index (χ1v) is 6.56. The Morgan fingerprint density at radius 2 is 2.20 bits per heavy atom. The third kappa shape index (κ3) is 4.43. The molecule has 106 valence electrons. The van der Waals surface area contributed by atoms with Crippen LogP contribution in [0.1, 0.15) is 30.9 Å². The Balaban J connectivity index is 2.89. The molecule has 1 aromatic rings. The summed E-state index contributed by atoms with van der Waals surface area (Å²) < 4.78 is 10.2. The summed E-state index contributed by atoms with van der Waals surface area (Å²) in [5.41, 5.74) is 1.74. The fourth-order valence-corrected chi connectivity index (χ4v) is 1.62. The van der Waals surface area contributed by atoms with Crippen LogP contribution in [0.3, 0.4) is 0 Å². The Labute approximate surface area is 119 Å². The average molecular weight is 273 g/mol. The zero-order chi connectivity index (χ0) is 15.0. The van der Waals surface area contributed by atoms with E-state index in [1.807, 2.05) is 32.0 Å². The highest BCUT2D eigenvalue weighted by Gasteiger charge is 2.11. The van der Waals surface area contributed by atoms with Crippen molar-refractivity contribution in [3.8, 4) is 11.8 Å². The van der Waals surface area contributed by atoms with Crippen LogP contribution >= 0.6 is 0 Å². The number of nitriles is 1. The summed E-state index contributed by atoms with van der Waals surface area (Å²) in [6.45, 7) is 4.25. The summed E-state index contributed by atoms with van der Waals surface area (Å²) >= 11 is 0. The lowest BCUT2D eigenvalue weighted by Crippen LogP contribution is -2.07. The van der Waals surface area contributed by atoms with Crippen molar-refractivity contribution in [2.45, 2.75) is 26.7 Å². The van der Waals surface area contributed by atoms with Gasteiger partial charge in [0.15, 0.2) is 0 Å². The van der Waals surface area contributed by atoms with E-state index in [2.05, 4.69) is 0 Å². The molecule has 0 spiro atoms. The third-order valence-corrected chi connectivity index (χ3v) is 2.85. The van der Waals surface area contributed by atoms with Crippen LogP contribution in [0.25, 0.3) is 6.08 Å².